The smallest absolute Gasteiger partial charge is 0.320 e. The Morgan fingerprint density at radius 2 is 1.80 bits per heavy atom. The first-order valence-corrected chi connectivity index (χ1v) is 9.77. The number of ether oxygens (including phenoxy) is 1. The van der Waals surface area contributed by atoms with E-state index < -0.39 is 0 Å². The van der Waals surface area contributed by atoms with Gasteiger partial charge in [-0.2, -0.15) is 0 Å². The fourth-order valence-corrected chi connectivity index (χ4v) is 4.01. The van der Waals surface area contributed by atoms with Crippen molar-refractivity contribution >= 4 is 17.6 Å². The van der Waals surface area contributed by atoms with Gasteiger partial charge in [-0.25, -0.2) is 4.79 Å². The number of carbonyl (C=O) groups excluding carboxylic acids is 1. The molecule has 6 heteroatoms. The van der Waals surface area contributed by atoms with E-state index in [1.807, 2.05) is 34.1 Å². The molecule has 0 aromatic heterocycles. The first kappa shape index (κ1) is 17.0. The number of amides is 2. The highest BCUT2D eigenvalue weighted by Crippen LogP contribution is 2.28. The van der Waals surface area contributed by atoms with E-state index in [0.717, 1.165) is 38.6 Å². The third-order valence-corrected chi connectivity index (χ3v) is 5.95. The van der Waals surface area contributed by atoms with Crippen molar-refractivity contribution in [3.05, 3.63) is 29.3 Å². The van der Waals surface area contributed by atoms with Gasteiger partial charge >= 0.3 is 6.03 Å². The molecule has 0 atom stereocenters. The summed E-state index contributed by atoms with van der Waals surface area (Å²) in [5.74, 6) is 0.701. The van der Waals surface area contributed by atoms with Crippen LogP contribution in [0.4, 0.5) is 4.79 Å². The zero-order chi connectivity index (χ0) is 17.2. The SMILES string of the molecule is O=C(N1CCCN(C2CCC2)CC1)N1CC(Oc2ccccc2Cl)C1. The zero-order valence-electron chi connectivity index (χ0n) is 14.6. The molecule has 1 aliphatic carbocycles. The van der Waals surface area contributed by atoms with Crippen molar-refractivity contribution in [3.63, 3.8) is 0 Å². The van der Waals surface area contributed by atoms with E-state index in [1.54, 1.807) is 0 Å². The number of halogens is 1. The molecule has 2 saturated heterocycles. The van der Waals surface area contributed by atoms with E-state index in [9.17, 15) is 4.79 Å². The molecule has 3 aliphatic rings. The van der Waals surface area contributed by atoms with Gasteiger partial charge in [0.05, 0.1) is 18.1 Å². The number of para-hydroxylation sites is 1. The van der Waals surface area contributed by atoms with Crippen LogP contribution in [0.5, 0.6) is 5.75 Å². The Morgan fingerprint density at radius 3 is 2.52 bits per heavy atom. The second-order valence-electron chi connectivity index (χ2n) is 7.32. The van der Waals surface area contributed by atoms with Gasteiger partial charge in [-0.15, -0.1) is 0 Å². The monoisotopic (exact) mass is 363 g/mol. The van der Waals surface area contributed by atoms with E-state index in [2.05, 4.69) is 4.90 Å². The predicted octanol–water partition coefficient (Wildman–Crippen LogP) is 3.08. The third-order valence-electron chi connectivity index (χ3n) is 5.64. The lowest BCUT2D eigenvalue weighted by Crippen LogP contribution is -2.60. The summed E-state index contributed by atoms with van der Waals surface area (Å²) >= 11 is 6.13. The van der Waals surface area contributed by atoms with Gasteiger partial charge < -0.3 is 14.5 Å². The van der Waals surface area contributed by atoms with E-state index in [0.29, 0.717) is 23.9 Å². The lowest BCUT2D eigenvalue weighted by atomic mass is 9.91. The molecule has 2 aliphatic heterocycles. The van der Waals surface area contributed by atoms with Gasteiger partial charge in [-0.05, 0) is 31.4 Å². The van der Waals surface area contributed by atoms with Crippen molar-refractivity contribution in [2.24, 2.45) is 0 Å². The lowest BCUT2D eigenvalue weighted by Gasteiger charge is -2.41. The van der Waals surface area contributed by atoms with Gasteiger partial charge in [0.1, 0.15) is 11.9 Å². The van der Waals surface area contributed by atoms with Crippen LogP contribution in [0.3, 0.4) is 0 Å². The number of rotatable bonds is 3. The third kappa shape index (κ3) is 3.72. The first-order chi connectivity index (χ1) is 12.2. The van der Waals surface area contributed by atoms with Crippen LogP contribution in [0.25, 0.3) is 0 Å². The minimum Gasteiger partial charge on any atom is -0.485 e. The van der Waals surface area contributed by atoms with Gasteiger partial charge in [0, 0.05) is 32.2 Å². The average molecular weight is 364 g/mol. The molecular formula is C19H26ClN3O2. The molecular weight excluding hydrogens is 338 g/mol. The molecule has 1 saturated carbocycles. The molecule has 1 aromatic carbocycles. The van der Waals surface area contributed by atoms with Crippen molar-refractivity contribution < 1.29 is 9.53 Å². The second-order valence-corrected chi connectivity index (χ2v) is 7.73. The fraction of sp³-hybridized carbons (Fsp3) is 0.632. The van der Waals surface area contributed by atoms with Gasteiger partial charge in [0.15, 0.2) is 0 Å². The van der Waals surface area contributed by atoms with Crippen LogP contribution in [0.1, 0.15) is 25.7 Å². The maximum Gasteiger partial charge on any atom is 0.320 e. The Balaban J connectivity index is 1.25. The normalized spacial score (nSPS) is 22.9. The standard InChI is InChI=1S/C19H26ClN3O2/c20-17-7-1-2-8-18(17)25-16-13-23(14-16)19(24)22-10-4-9-21(11-12-22)15-5-3-6-15/h1-2,7-8,15-16H,3-6,9-14H2. The van der Waals surface area contributed by atoms with Crippen LogP contribution in [0.2, 0.25) is 5.02 Å². The predicted molar refractivity (Wildman–Crippen MR) is 98.2 cm³/mol. The summed E-state index contributed by atoms with van der Waals surface area (Å²) in [6.45, 7) is 5.16. The molecule has 0 radical (unpaired) electrons. The minimum absolute atomic E-state index is 0.0438. The van der Waals surface area contributed by atoms with Crippen LogP contribution in [-0.4, -0.2) is 72.1 Å². The summed E-state index contributed by atoms with van der Waals surface area (Å²) < 4.78 is 5.89. The number of nitrogens with zero attached hydrogens (tertiary/aromatic N) is 3. The molecule has 136 valence electrons. The van der Waals surface area contributed by atoms with E-state index >= 15 is 0 Å². The molecule has 2 amide bonds. The topological polar surface area (TPSA) is 36.0 Å². The molecule has 2 heterocycles. The Morgan fingerprint density at radius 1 is 1.00 bits per heavy atom. The summed E-state index contributed by atoms with van der Waals surface area (Å²) in [5, 5.41) is 0.621. The maximum absolute atomic E-state index is 12.7. The van der Waals surface area contributed by atoms with Gasteiger partial charge in [-0.1, -0.05) is 30.2 Å². The summed E-state index contributed by atoms with van der Waals surface area (Å²) in [5.41, 5.74) is 0. The second kappa shape index (κ2) is 7.42. The Labute approximate surface area is 154 Å². The largest absolute Gasteiger partial charge is 0.485 e. The Hall–Kier alpha value is -1.46. The van der Waals surface area contributed by atoms with Crippen molar-refractivity contribution in [2.45, 2.75) is 37.8 Å². The molecule has 0 unspecified atom stereocenters. The highest BCUT2D eigenvalue weighted by Gasteiger charge is 2.36. The highest BCUT2D eigenvalue weighted by atomic mass is 35.5. The van der Waals surface area contributed by atoms with Crippen molar-refractivity contribution in [3.8, 4) is 5.75 Å². The molecule has 5 nitrogen and oxygen atoms in total. The van der Waals surface area contributed by atoms with Crippen LogP contribution in [0.15, 0.2) is 24.3 Å². The van der Waals surface area contributed by atoms with Gasteiger partial charge in [0.25, 0.3) is 0 Å². The molecule has 25 heavy (non-hydrogen) atoms. The molecule has 0 spiro atoms. The first-order valence-electron chi connectivity index (χ1n) is 9.40. The van der Waals surface area contributed by atoms with Gasteiger partial charge in [0.2, 0.25) is 0 Å². The van der Waals surface area contributed by atoms with Gasteiger partial charge in [-0.3, -0.25) is 4.90 Å². The number of carbonyl (C=O) groups is 1. The molecule has 1 aromatic rings. The van der Waals surface area contributed by atoms with Crippen molar-refractivity contribution in [1.82, 2.24) is 14.7 Å². The van der Waals surface area contributed by atoms with Crippen molar-refractivity contribution in [2.75, 3.05) is 39.3 Å². The molecule has 4 rings (SSSR count). The van der Waals surface area contributed by atoms with E-state index in [-0.39, 0.29) is 12.1 Å². The summed E-state index contributed by atoms with van der Waals surface area (Å²) in [6.07, 6.45) is 5.16. The zero-order valence-corrected chi connectivity index (χ0v) is 15.3. The van der Waals surface area contributed by atoms with Crippen LogP contribution in [0, 0.1) is 0 Å². The minimum atomic E-state index is 0.0438. The summed E-state index contributed by atoms with van der Waals surface area (Å²) in [6, 6.07) is 8.42. The quantitative estimate of drug-likeness (QED) is 0.828. The number of benzene rings is 1. The van der Waals surface area contributed by atoms with E-state index in [4.69, 9.17) is 16.3 Å². The van der Waals surface area contributed by atoms with Crippen LogP contribution in [-0.2, 0) is 0 Å². The number of urea groups is 1. The Kier molecular flexibility index (Phi) is 5.04. The summed E-state index contributed by atoms with van der Waals surface area (Å²) in [7, 11) is 0. The molecule has 0 bridgehead atoms. The number of hydrogen-bond donors (Lipinski definition) is 0. The van der Waals surface area contributed by atoms with Crippen LogP contribution < -0.4 is 4.74 Å². The Bertz CT molecular complexity index is 616. The van der Waals surface area contributed by atoms with Crippen molar-refractivity contribution in [1.29, 1.82) is 0 Å². The maximum atomic E-state index is 12.7. The average Bonchev–Trinajstić information content (AvgIpc) is 2.76. The molecule has 0 N–H and O–H groups in total. The number of likely N-dealkylation sites (tertiary alicyclic amines) is 1. The fourth-order valence-electron chi connectivity index (χ4n) is 3.83. The highest BCUT2D eigenvalue weighted by molar-refractivity contribution is 6.32. The number of hydrogen-bond acceptors (Lipinski definition) is 3. The van der Waals surface area contributed by atoms with Crippen LogP contribution >= 0.6 is 11.6 Å². The molecule has 3 fully saturated rings. The summed E-state index contributed by atoms with van der Waals surface area (Å²) in [4.78, 5) is 19.2. The van der Waals surface area contributed by atoms with E-state index in [1.165, 1.54) is 19.3 Å². The lowest BCUT2D eigenvalue weighted by molar-refractivity contribution is 0.0309.